The number of hydrogen-bond acceptors (Lipinski definition) is 1. The molecule has 0 aromatic heterocycles. The maximum Gasteiger partial charge on any atom is -0.00432 e. The predicted octanol–water partition coefficient (Wildman–Crippen LogP) is 2.26. The minimum Gasteiger partial charge on any atom is -0.317 e. The minimum absolute atomic E-state index is 0.885. The fourth-order valence-electron chi connectivity index (χ4n) is 2.15. The lowest BCUT2D eigenvalue weighted by molar-refractivity contribution is 0.411. The summed E-state index contributed by atoms with van der Waals surface area (Å²) in [4.78, 5) is 0. The molecule has 1 heterocycles. The van der Waals surface area contributed by atoms with E-state index in [4.69, 9.17) is 0 Å². The van der Waals surface area contributed by atoms with Crippen molar-refractivity contribution in [3.05, 3.63) is 23.8 Å². The third kappa shape index (κ3) is 1.78. The van der Waals surface area contributed by atoms with Gasteiger partial charge in [-0.3, -0.25) is 0 Å². The Morgan fingerprint density at radius 2 is 2.08 bits per heavy atom. The van der Waals surface area contributed by atoms with Gasteiger partial charge >= 0.3 is 0 Å². The van der Waals surface area contributed by atoms with Crippen LogP contribution in [-0.4, -0.2) is 13.1 Å². The average molecular weight is 163 g/mol. The Balaban J connectivity index is 1.97. The summed E-state index contributed by atoms with van der Waals surface area (Å²) in [5, 5.41) is 3.41. The second kappa shape index (κ2) is 3.90. The largest absolute Gasteiger partial charge is 0.317 e. The Kier molecular flexibility index (Phi) is 2.62. The van der Waals surface area contributed by atoms with Crippen molar-refractivity contribution in [3.63, 3.8) is 0 Å². The number of piperidine rings is 1. The highest BCUT2D eigenvalue weighted by molar-refractivity contribution is 5.20. The maximum atomic E-state index is 3.41. The maximum absolute atomic E-state index is 3.41. The molecule has 0 spiro atoms. The molecule has 1 N–H and O–H groups in total. The molecule has 2 aliphatic rings. The molecular weight excluding hydrogens is 146 g/mol. The van der Waals surface area contributed by atoms with Crippen molar-refractivity contribution in [1.82, 2.24) is 5.32 Å². The van der Waals surface area contributed by atoms with Gasteiger partial charge < -0.3 is 5.32 Å². The van der Waals surface area contributed by atoms with E-state index in [1.165, 1.54) is 38.8 Å². The molecule has 66 valence electrons. The Labute approximate surface area is 74.5 Å². The third-order valence-electron chi connectivity index (χ3n) is 2.91. The van der Waals surface area contributed by atoms with Crippen LogP contribution in [-0.2, 0) is 0 Å². The topological polar surface area (TPSA) is 12.0 Å². The molecule has 0 aromatic rings. The van der Waals surface area contributed by atoms with Gasteiger partial charge in [-0.2, -0.15) is 0 Å². The van der Waals surface area contributed by atoms with Crippen LogP contribution in [0.15, 0.2) is 23.8 Å². The van der Waals surface area contributed by atoms with Gasteiger partial charge in [-0.05, 0) is 44.7 Å². The summed E-state index contributed by atoms with van der Waals surface area (Å²) in [5.41, 5.74) is 1.69. The molecular formula is C11H17N. The van der Waals surface area contributed by atoms with Crippen LogP contribution in [0, 0.1) is 5.92 Å². The highest BCUT2D eigenvalue weighted by Gasteiger charge is 2.16. The fourth-order valence-corrected chi connectivity index (χ4v) is 2.15. The molecule has 0 saturated carbocycles. The molecule has 2 rings (SSSR count). The van der Waals surface area contributed by atoms with Gasteiger partial charge in [0.05, 0.1) is 0 Å². The molecule has 0 bridgehead atoms. The number of nitrogens with one attached hydrogen (secondary N) is 1. The van der Waals surface area contributed by atoms with Crippen molar-refractivity contribution in [2.75, 3.05) is 13.1 Å². The summed E-state index contributed by atoms with van der Waals surface area (Å²) >= 11 is 0. The SMILES string of the molecule is C1=CCCC(C2CCNCC2)=C1. The molecule has 1 fully saturated rings. The first kappa shape index (κ1) is 8.06. The van der Waals surface area contributed by atoms with Gasteiger partial charge in [0, 0.05) is 0 Å². The van der Waals surface area contributed by atoms with Crippen molar-refractivity contribution in [2.45, 2.75) is 25.7 Å². The Morgan fingerprint density at radius 3 is 2.75 bits per heavy atom. The Hall–Kier alpha value is -0.560. The summed E-state index contributed by atoms with van der Waals surface area (Å²) in [5.74, 6) is 0.885. The minimum atomic E-state index is 0.885. The van der Waals surface area contributed by atoms with Gasteiger partial charge in [-0.15, -0.1) is 0 Å². The molecule has 0 radical (unpaired) electrons. The van der Waals surface area contributed by atoms with Gasteiger partial charge in [-0.1, -0.05) is 23.8 Å². The number of hydrogen-bond donors (Lipinski definition) is 1. The van der Waals surface area contributed by atoms with Crippen LogP contribution in [0.25, 0.3) is 0 Å². The standard InChI is InChI=1S/C11H17N/c1-2-4-10(5-3-1)11-6-8-12-9-7-11/h1-2,4,11-12H,3,5-9H2. The van der Waals surface area contributed by atoms with E-state index in [9.17, 15) is 0 Å². The molecule has 0 unspecified atom stereocenters. The second-order valence-corrected chi connectivity index (χ2v) is 3.73. The quantitative estimate of drug-likeness (QED) is 0.625. The van der Waals surface area contributed by atoms with Crippen molar-refractivity contribution in [2.24, 2.45) is 5.92 Å². The monoisotopic (exact) mass is 163 g/mol. The van der Waals surface area contributed by atoms with Crippen LogP contribution >= 0.6 is 0 Å². The average Bonchev–Trinajstić information content (AvgIpc) is 2.21. The lowest BCUT2D eigenvalue weighted by Crippen LogP contribution is -2.28. The zero-order valence-corrected chi connectivity index (χ0v) is 7.55. The van der Waals surface area contributed by atoms with E-state index in [1.54, 1.807) is 5.57 Å². The number of rotatable bonds is 1. The zero-order valence-electron chi connectivity index (χ0n) is 7.55. The van der Waals surface area contributed by atoms with E-state index < -0.39 is 0 Å². The molecule has 1 aliphatic heterocycles. The zero-order chi connectivity index (χ0) is 8.23. The van der Waals surface area contributed by atoms with E-state index >= 15 is 0 Å². The first-order chi connectivity index (χ1) is 5.97. The molecule has 1 heteroatoms. The highest BCUT2D eigenvalue weighted by Crippen LogP contribution is 2.27. The Morgan fingerprint density at radius 1 is 1.25 bits per heavy atom. The first-order valence-electron chi connectivity index (χ1n) is 5.03. The molecule has 1 saturated heterocycles. The van der Waals surface area contributed by atoms with E-state index in [-0.39, 0.29) is 0 Å². The molecule has 1 aliphatic carbocycles. The normalized spacial score (nSPS) is 25.5. The summed E-state index contributed by atoms with van der Waals surface area (Å²) in [7, 11) is 0. The summed E-state index contributed by atoms with van der Waals surface area (Å²) < 4.78 is 0. The van der Waals surface area contributed by atoms with Crippen LogP contribution in [0.5, 0.6) is 0 Å². The third-order valence-corrected chi connectivity index (χ3v) is 2.91. The van der Waals surface area contributed by atoms with Crippen molar-refractivity contribution < 1.29 is 0 Å². The molecule has 0 amide bonds. The van der Waals surface area contributed by atoms with E-state index in [0.717, 1.165) is 5.92 Å². The number of allylic oxidation sites excluding steroid dienone is 4. The van der Waals surface area contributed by atoms with Gasteiger partial charge in [0.1, 0.15) is 0 Å². The van der Waals surface area contributed by atoms with E-state index in [1.807, 2.05) is 0 Å². The van der Waals surface area contributed by atoms with Crippen molar-refractivity contribution >= 4 is 0 Å². The van der Waals surface area contributed by atoms with Crippen LogP contribution in [0.1, 0.15) is 25.7 Å². The summed E-state index contributed by atoms with van der Waals surface area (Å²) in [6, 6.07) is 0. The molecule has 0 aromatic carbocycles. The van der Waals surface area contributed by atoms with Gasteiger partial charge in [-0.25, -0.2) is 0 Å². The summed E-state index contributed by atoms with van der Waals surface area (Å²) in [6.07, 6.45) is 12.1. The van der Waals surface area contributed by atoms with Crippen LogP contribution in [0.2, 0.25) is 0 Å². The lowest BCUT2D eigenvalue weighted by atomic mass is 9.85. The predicted molar refractivity (Wildman–Crippen MR) is 52.1 cm³/mol. The summed E-state index contributed by atoms with van der Waals surface area (Å²) in [6.45, 7) is 2.43. The van der Waals surface area contributed by atoms with Gasteiger partial charge in [0.2, 0.25) is 0 Å². The molecule has 0 atom stereocenters. The van der Waals surface area contributed by atoms with E-state index in [2.05, 4.69) is 23.5 Å². The molecule has 12 heavy (non-hydrogen) atoms. The van der Waals surface area contributed by atoms with Crippen molar-refractivity contribution in [3.8, 4) is 0 Å². The van der Waals surface area contributed by atoms with Crippen molar-refractivity contribution in [1.29, 1.82) is 0 Å². The van der Waals surface area contributed by atoms with E-state index in [0.29, 0.717) is 0 Å². The smallest absolute Gasteiger partial charge is 0.00432 e. The molecule has 1 nitrogen and oxygen atoms in total. The first-order valence-corrected chi connectivity index (χ1v) is 5.03. The van der Waals surface area contributed by atoms with Crippen LogP contribution < -0.4 is 5.32 Å². The second-order valence-electron chi connectivity index (χ2n) is 3.73. The van der Waals surface area contributed by atoms with Gasteiger partial charge in [0.15, 0.2) is 0 Å². The van der Waals surface area contributed by atoms with Crippen LogP contribution in [0.4, 0.5) is 0 Å². The highest BCUT2D eigenvalue weighted by atomic mass is 14.9. The van der Waals surface area contributed by atoms with Crippen LogP contribution in [0.3, 0.4) is 0 Å². The van der Waals surface area contributed by atoms with Gasteiger partial charge in [0.25, 0.3) is 0 Å². The lowest BCUT2D eigenvalue weighted by Gasteiger charge is -2.26. The fraction of sp³-hybridized carbons (Fsp3) is 0.636. The Bertz CT molecular complexity index is 197.